The highest BCUT2D eigenvalue weighted by molar-refractivity contribution is 5.79. The molecule has 1 fully saturated rings. The van der Waals surface area contributed by atoms with Crippen molar-refractivity contribution in [1.29, 1.82) is 0 Å². The maximum Gasteiger partial charge on any atom is 0.228 e. The standard InChI is InChI=1S/C24H25N5O/c1-18(2)16-29-20-8-5-12-26-23(20)28-13-6-9-21(28)24(29)10-14-27(17-24)22(30)15-19-7-3-4-11-25-19/h3-9,11-13H,1,10,14-17H2,2H3/t24-/m0/s1. The lowest BCUT2D eigenvalue weighted by Gasteiger charge is -2.47. The first-order chi connectivity index (χ1) is 14.6. The molecule has 30 heavy (non-hydrogen) atoms. The van der Waals surface area contributed by atoms with Gasteiger partial charge in [0.1, 0.15) is 5.54 Å². The van der Waals surface area contributed by atoms with Crippen LogP contribution in [0.15, 0.2) is 73.2 Å². The van der Waals surface area contributed by atoms with Gasteiger partial charge in [-0.2, -0.15) is 0 Å². The fourth-order valence-corrected chi connectivity index (χ4v) is 4.81. The summed E-state index contributed by atoms with van der Waals surface area (Å²) in [5.41, 5.74) is 3.87. The third-order valence-electron chi connectivity index (χ3n) is 6.11. The van der Waals surface area contributed by atoms with Gasteiger partial charge in [0.05, 0.1) is 17.8 Å². The zero-order valence-electron chi connectivity index (χ0n) is 17.2. The van der Waals surface area contributed by atoms with E-state index in [0.717, 1.165) is 42.3 Å². The second-order valence-corrected chi connectivity index (χ2v) is 8.25. The SMILES string of the molecule is C=C(C)CN1c2cccnc2-n2cccc2[C@@]12CCN(C(=O)Cc1ccccn1)C2. The molecule has 152 valence electrons. The highest BCUT2D eigenvalue weighted by Crippen LogP contribution is 2.47. The van der Waals surface area contributed by atoms with Crippen LogP contribution < -0.4 is 4.90 Å². The number of hydrogen-bond acceptors (Lipinski definition) is 4. The zero-order chi connectivity index (χ0) is 20.7. The van der Waals surface area contributed by atoms with Gasteiger partial charge in [-0.05, 0) is 49.7 Å². The van der Waals surface area contributed by atoms with E-state index in [-0.39, 0.29) is 11.4 Å². The van der Waals surface area contributed by atoms with E-state index in [2.05, 4.69) is 57.3 Å². The molecule has 0 bridgehead atoms. The first kappa shape index (κ1) is 18.6. The molecule has 1 amide bonds. The fourth-order valence-electron chi connectivity index (χ4n) is 4.81. The second-order valence-electron chi connectivity index (χ2n) is 8.25. The monoisotopic (exact) mass is 399 g/mol. The molecule has 1 spiro atoms. The highest BCUT2D eigenvalue weighted by Gasteiger charge is 2.50. The van der Waals surface area contributed by atoms with Crippen molar-refractivity contribution in [2.75, 3.05) is 24.5 Å². The molecule has 1 saturated heterocycles. The number of carbonyl (C=O) groups is 1. The van der Waals surface area contributed by atoms with Crippen LogP contribution >= 0.6 is 0 Å². The van der Waals surface area contributed by atoms with E-state index >= 15 is 0 Å². The van der Waals surface area contributed by atoms with E-state index in [0.29, 0.717) is 13.0 Å². The Labute approximate surface area is 176 Å². The summed E-state index contributed by atoms with van der Waals surface area (Å²) in [4.78, 5) is 26.5. The molecule has 0 radical (unpaired) electrons. The molecular formula is C24H25N5O. The molecule has 0 aliphatic carbocycles. The summed E-state index contributed by atoms with van der Waals surface area (Å²) in [6, 6.07) is 14.0. The highest BCUT2D eigenvalue weighted by atomic mass is 16.2. The van der Waals surface area contributed by atoms with Gasteiger partial charge >= 0.3 is 0 Å². The fraction of sp³-hybridized carbons (Fsp3) is 0.292. The largest absolute Gasteiger partial charge is 0.351 e. The molecule has 3 aromatic rings. The van der Waals surface area contributed by atoms with E-state index in [1.54, 1.807) is 6.20 Å². The van der Waals surface area contributed by atoms with Crippen molar-refractivity contribution in [3.8, 4) is 5.82 Å². The van der Waals surface area contributed by atoms with Gasteiger partial charge in [0.25, 0.3) is 0 Å². The number of pyridine rings is 2. The molecule has 0 unspecified atom stereocenters. The molecule has 6 nitrogen and oxygen atoms in total. The first-order valence-electron chi connectivity index (χ1n) is 10.3. The molecule has 3 aromatic heterocycles. The van der Waals surface area contributed by atoms with Gasteiger partial charge in [0, 0.05) is 43.9 Å². The predicted molar refractivity (Wildman–Crippen MR) is 117 cm³/mol. The van der Waals surface area contributed by atoms with Crippen molar-refractivity contribution in [3.05, 3.63) is 84.6 Å². The molecule has 5 rings (SSSR count). The number of nitrogens with zero attached hydrogens (tertiary/aromatic N) is 5. The molecule has 5 heterocycles. The summed E-state index contributed by atoms with van der Waals surface area (Å²) in [5, 5.41) is 0. The third kappa shape index (κ3) is 2.91. The minimum atomic E-state index is -0.293. The Morgan fingerprint density at radius 1 is 1.13 bits per heavy atom. The minimum Gasteiger partial charge on any atom is -0.351 e. The quantitative estimate of drug-likeness (QED) is 0.632. The molecule has 0 N–H and O–H groups in total. The number of hydrogen-bond donors (Lipinski definition) is 0. The topological polar surface area (TPSA) is 54.3 Å². The number of carbonyl (C=O) groups excluding carboxylic acids is 1. The van der Waals surface area contributed by atoms with Crippen LogP contribution in [0.2, 0.25) is 0 Å². The summed E-state index contributed by atoms with van der Waals surface area (Å²) in [6.45, 7) is 8.32. The Bertz CT molecular complexity index is 1110. The van der Waals surface area contributed by atoms with Crippen molar-refractivity contribution in [2.45, 2.75) is 25.3 Å². The summed E-state index contributed by atoms with van der Waals surface area (Å²) in [6.07, 6.45) is 6.83. The van der Waals surface area contributed by atoms with Gasteiger partial charge in [0.15, 0.2) is 5.82 Å². The van der Waals surface area contributed by atoms with Crippen LogP contribution in [-0.4, -0.2) is 45.0 Å². The maximum absolute atomic E-state index is 13.1. The van der Waals surface area contributed by atoms with Gasteiger partial charge < -0.3 is 14.4 Å². The number of anilines is 1. The van der Waals surface area contributed by atoms with E-state index in [1.807, 2.05) is 35.4 Å². The zero-order valence-corrected chi connectivity index (χ0v) is 17.2. The lowest BCUT2D eigenvalue weighted by atomic mass is 9.88. The van der Waals surface area contributed by atoms with E-state index < -0.39 is 0 Å². The Balaban J connectivity index is 1.52. The molecule has 1 atom stereocenters. The average Bonchev–Trinajstić information content (AvgIpc) is 3.41. The normalized spacial score (nSPS) is 19.6. The van der Waals surface area contributed by atoms with Crippen LogP contribution in [0.4, 0.5) is 5.69 Å². The van der Waals surface area contributed by atoms with Crippen LogP contribution in [0.5, 0.6) is 0 Å². The van der Waals surface area contributed by atoms with Gasteiger partial charge in [0.2, 0.25) is 5.91 Å². The molecule has 2 aliphatic heterocycles. The van der Waals surface area contributed by atoms with Gasteiger partial charge in [-0.25, -0.2) is 4.98 Å². The lowest BCUT2D eigenvalue weighted by Crippen LogP contribution is -2.53. The number of fused-ring (bicyclic) bond motifs is 4. The first-order valence-corrected chi connectivity index (χ1v) is 10.3. The average molecular weight is 399 g/mol. The number of likely N-dealkylation sites (tertiary alicyclic amines) is 1. The Kier molecular flexibility index (Phi) is 4.42. The van der Waals surface area contributed by atoms with Crippen LogP contribution in [0, 0.1) is 0 Å². The van der Waals surface area contributed by atoms with Crippen molar-refractivity contribution >= 4 is 11.6 Å². The van der Waals surface area contributed by atoms with Crippen molar-refractivity contribution in [1.82, 2.24) is 19.4 Å². The van der Waals surface area contributed by atoms with Crippen molar-refractivity contribution in [3.63, 3.8) is 0 Å². The molecule has 2 aliphatic rings. The van der Waals surface area contributed by atoms with Crippen LogP contribution in [0.3, 0.4) is 0 Å². The smallest absolute Gasteiger partial charge is 0.228 e. The van der Waals surface area contributed by atoms with Crippen LogP contribution in [0.25, 0.3) is 5.82 Å². The van der Waals surface area contributed by atoms with E-state index in [4.69, 9.17) is 0 Å². The molecule has 6 heteroatoms. The third-order valence-corrected chi connectivity index (χ3v) is 6.11. The molecular weight excluding hydrogens is 374 g/mol. The van der Waals surface area contributed by atoms with Crippen LogP contribution in [0.1, 0.15) is 24.7 Å². The van der Waals surface area contributed by atoms with Crippen LogP contribution in [-0.2, 0) is 16.8 Å². The van der Waals surface area contributed by atoms with Gasteiger partial charge in [-0.15, -0.1) is 0 Å². The Morgan fingerprint density at radius 2 is 2.00 bits per heavy atom. The number of rotatable bonds is 4. The molecule has 0 aromatic carbocycles. The predicted octanol–water partition coefficient (Wildman–Crippen LogP) is 3.33. The van der Waals surface area contributed by atoms with Crippen molar-refractivity contribution in [2.24, 2.45) is 0 Å². The summed E-state index contributed by atoms with van der Waals surface area (Å²) < 4.78 is 2.18. The lowest BCUT2D eigenvalue weighted by molar-refractivity contribution is -0.129. The van der Waals surface area contributed by atoms with Crippen molar-refractivity contribution < 1.29 is 4.79 Å². The maximum atomic E-state index is 13.1. The second kappa shape index (κ2) is 7.13. The van der Waals surface area contributed by atoms with Gasteiger partial charge in [-0.1, -0.05) is 18.2 Å². The molecule has 0 saturated carbocycles. The van der Waals surface area contributed by atoms with Gasteiger partial charge in [-0.3, -0.25) is 9.78 Å². The van der Waals surface area contributed by atoms with E-state index in [9.17, 15) is 4.79 Å². The Morgan fingerprint density at radius 3 is 2.80 bits per heavy atom. The van der Waals surface area contributed by atoms with E-state index in [1.165, 1.54) is 5.69 Å². The summed E-state index contributed by atoms with van der Waals surface area (Å²) >= 11 is 0. The number of aromatic nitrogens is 3. The number of amides is 1. The summed E-state index contributed by atoms with van der Waals surface area (Å²) in [7, 11) is 0. The Hall–Kier alpha value is -3.41. The minimum absolute atomic E-state index is 0.121. The summed E-state index contributed by atoms with van der Waals surface area (Å²) in [5.74, 6) is 1.05.